The van der Waals surface area contributed by atoms with Crippen molar-refractivity contribution in [2.45, 2.75) is 303 Å². The smallest absolute Gasteiger partial charge is 0.306 e. The summed E-state index contributed by atoms with van der Waals surface area (Å²) in [5.74, 6) is -0.857. The van der Waals surface area contributed by atoms with E-state index in [1.54, 1.807) is 0 Å². The minimum atomic E-state index is -0.766. The van der Waals surface area contributed by atoms with Crippen LogP contribution in [0.5, 0.6) is 0 Å². The van der Waals surface area contributed by atoms with Crippen molar-refractivity contribution < 1.29 is 28.6 Å². The van der Waals surface area contributed by atoms with Crippen LogP contribution >= 0.6 is 0 Å². The Bertz CT molecular complexity index is 1150. The molecule has 6 nitrogen and oxygen atoms in total. The van der Waals surface area contributed by atoms with Crippen molar-refractivity contribution in [3.63, 3.8) is 0 Å². The first-order valence-corrected chi connectivity index (χ1v) is 28.6. The molecule has 0 aliphatic rings. The van der Waals surface area contributed by atoms with Crippen LogP contribution in [0, 0.1) is 0 Å². The van der Waals surface area contributed by atoms with Gasteiger partial charge in [-0.15, -0.1) is 0 Å². The molecule has 0 heterocycles. The summed E-state index contributed by atoms with van der Waals surface area (Å²) in [7, 11) is 0. The largest absolute Gasteiger partial charge is 0.462 e. The van der Waals surface area contributed by atoms with E-state index >= 15 is 0 Å². The van der Waals surface area contributed by atoms with Crippen LogP contribution in [-0.4, -0.2) is 37.2 Å². The lowest BCUT2D eigenvalue weighted by Crippen LogP contribution is -2.30. The molecule has 1 unspecified atom stereocenters. The molecule has 0 saturated heterocycles. The van der Waals surface area contributed by atoms with E-state index < -0.39 is 6.10 Å². The molecule has 0 radical (unpaired) electrons. The van der Waals surface area contributed by atoms with Gasteiger partial charge in [0.25, 0.3) is 0 Å². The van der Waals surface area contributed by atoms with E-state index in [0.29, 0.717) is 19.3 Å². The Balaban J connectivity index is 4.11. The van der Waals surface area contributed by atoms with E-state index in [9.17, 15) is 14.4 Å². The van der Waals surface area contributed by atoms with Crippen molar-refractivity contribution in [1.29, 1.82) is 0 Å². The topological polar surface area (TPSA) is 78.9 Å². The van der Waals surface area contributed by atoms with Crippen molar-refractivity contribution in [3.05, 3.63) is 48.6 Å². The van der Waals surface area contributed by atoms with Crippen molar-refractivity contribution in [2.24, 2.45) is 0 Å². The Hall–Kier alpha value is -2.63. The zero-order chi connectivity index (χ0) is 47.9. The number of hydrogen-bond donors (Lipinski definition) is 0. The van der Waals surface area contributed by atoms with Crippen LogP contribution in [0.15, 0.2) is 48.6 Å². The fourth-order valence-corrected chi connectivity index (χ4v) is 8.32. The van der Waals surface area contributed by atoms with Gasteiger partial charge in [0.05, 0.1) is 0 Å². The first-order chi connectivity index (χ1) is 32.5. The monoisotopic (exact) mass is 925 g/mol. The maximum absolute atomic E-state index is 12.8. The molecule has 6 heteroatoms. The van der Waals surface area contributed by atoms with Gasteiger partial charge in [-0.25, -0.2) is 0 Å². The van der Waals surface area contributed by atoms with Gasteiger partial charge in [-0.05, 0) is 57.8 Å². The number of hydrogen-bond acceptors (Lipinski definition) is 6. The van der Waals surface area contributed by atoms with Crippen molar-refractivity contribution in [2.75, 3.05) is 13.2 Å². The van der Waals surface area contributed by atoms with Gasteiger partial charge in [0.1, 0.15) is 13.2 Å². The third-order valence-electron chi connectivity index (χ3n) is 12.6. The van der Waals surface area contributed by atoms with Gasteiger partial charge in [-0.3, -0.25) is 14.4 Å². The molecular weight excluding hydrogens is 817 g/mol. The summed E-state index contributed by atoms with van der Waals surface area (Å²) in [5.41, 5.74) is 0. The zero-order valence-corrected chi connectivity index (χ0v) is 44.0. The average Bonchev–Trinajstić information content (AvgIpc) is 3.31. The van der Waals surface area contributed by atoms with Crippen molar-refractivity contribution >= 4 is 17.9 Å². The number of allylic oxidation sites excluding steroid dienone is 8. The number of esters is 3. The first-order valence-electron chi connectivity index (χ1n) is 28.6. The molecule has 384 valence electrons. The standard InChI is InChI=1S/C60H108O6/c1-4-7-10-13-16-19-22-23-24-25-26-27-28-29-30-31-32-33-34-35-36-37-39-41-44-47-50-53-59(62)65-56-57(55-64-58(61)52-49-46-43-40-21-18-15-12-9-6-3)66-60(63)54-51-48-45-42-38-20-17-14-11-8-5-2/h7,10,16,19,23-24,26-27,57H,4-6,8-9,11-15,17-18,20-22,25,28-56H2,1-3H3/b10-7-,19-16-,24-23-,27-26-. The van der Waals surface area contributed by atoms with Crippen LogP contribution in [0.25, 0.3) is 0 Å². The summed E-state index contributed by atoms with van der Waals surface area (Å²) in [6, 6.07) is 0. The van der Waals surface area contributed by atoms with Crippen molar-refractivity contribution in [3.8, 4) is 0 Å². The van der Waals surface area contributed by atoms with Crippen LogP contribution in [0.3, 0.4) is 0 Å². The highest BCUT2D eigenvalue weighted by Crippen LogP contribution is 2.16. The summed E-state index contributed by atoms with van der Waals surface area (Å²) >= 11 is 0. The van der Waals surface area contributed by atoms with E-state index in [2.05, 4.69) is 69.4 Å². The third-order valence-corrected chi connectivity index (χ3v) is 12.6. The molecule has 0 rings (SSSR count). The number of unbranched alkanes of at least 4 members (excludes halogenated alkanes) is 33. The van der Waals surface area contributed by atoms with Crippen LogP contribution in [-0.2, 0) is 28.6 Å². The first kappa shape index (κ1) is 63.4. The molecule has 0 amide bonds. The lowest BCUT2D eigenvalue weighted by molar-refractivity contribution is -0.167. The quantitative estimate of drug-likeness (QED) is 0.0262. The Kier molecular flexibility index (Phi) is 52.8. The lowest BCUT2D eigenvalue weighted by atomic mass is 10.0. The van der Waals surface area contributed by atoms with Gasteiger partial charge in [0, 0.05) is 19.3 Å². The molecule has 0 saturated carbocycles. The molecule has 0 N–H and O–H groups in total. The second-order valence-corrected chi connectivity index (χ2v) is 19.2. The number of carbonyl (C=O) groups excluding carboxylic acids is 3. The summed E-state index contributed by atoms with van der Waals surface area (Å²) in [6.45, 7) is 6.53. The van der Waals surface area contributed by atoms with Crippen LogP contribution < -0.4 is 0 Å². The highest BCUT2D eigenvalue weighted by molar-refractivity contribution is 5.71. The molecule has 0 aromatic heterocycles. The van der Waals surface area contributed by atoms with Crippen LogP contribution in [0.1, 0.15) is 297 Å². The fourth-order valence-electron chi connectivity index (χ4n) is 8.32. The lowest BCUT2D eigenvalue weighted by Gasteiger charge is -2.18. The molecule has 66 heavy (non-hydrogen) atoms. The highest BCUT2D eigenvalue weighted by Gasteiger charge is 2.19. The summed E-state index contributed by atoms with van der Waals surface area (Å²) < 4.78 is 16.8. The highest BCUT2D eigenvalue weighted by atomic mass is 16.6. The fraction of sp³-hybridized carbons (Fsp3) is 0.817. The minimum Gasteiger partial charge on any atom is -0.462 e. The summed E-state index contributed by atoms with van der Waals surface area (Å²) in [5, 5.41) is 0. The van der Waals surface area contributed by atoms with Crippen molar-refractivity contribution in [1.82, 2.24) is 0 Å². The molecule has 0 aromatic carbocycles. The zero-order valence-electron chi connectivity index (χ0n) is 44.0. The van der Waals surface area contributed by atoms with Crippen LogP contribution in [0.4, 0.5) is 0 Å². The summed E-state index contributed by atoms with van der Waals surface area (Å²) in [4.78, 5) is 38.0. The molecule has 0 aliphatic heterocycles. The number of ether oxygens (including phenoxy) is 3. The molecule has 0 fully saturated rings. The van der Waals surface area contributed by atoms with Gasteiger partial charge in [-0.2, -0.15) is 0 Å². The third kappa shape index (κ3) is 52.3. The molecular formula is C60H108O6. The van der Waals surface area contributed by atoms with Gasteiger partial charge in [0.2, 0.25) is 0 Å². The van der Waals surface area contributed by atoms with E-state index in [0.717, 1.165) is 83.5 Å². The van der Waals surface area contributed by atoms with Gasteiger partial charge in [-0.1, -0.05) is 268 Å². The predicted octanol–water partition coefficient (Wildman–Crippen LogP) is 19.0. The number of carbonyl (C=O) groups is 3. The maximum Gasteiger partial charge on any atom is 0.306 e. The molecule has 0 aliphatic carbocycles. The van der Waals surface area contributed by atoms with E-state index in [-0.39, 0.29) is 31.1 Å². The maximum atomic E-state index is 12.8. The normalized spacial score (nSPS) is 12.3. The number of rotatable bonds is 52. The van der Waals surface area contributed by atoms with Gasteiger partial charge < -0.3 is 14.2 Å². The Morgan fingerprint density at radius 3 is 0.924 bits per heavy atom. The minimum absolute atomic E-state index is 0.0678. The van der Waals surface area contributed by atoms with E-state index in [1.807, 2.05) is 0 Å². The predicted molar refractivity (Wildman–Crippen MR) is 284 cm³/mol. The second-order valence-electron chi connectivity index (χ2n) is 19.2. The van der Waals surface area contributed by atoms with Gasteiger partial charge >= 0.3 is 17.9 Å². The SMILES string of the molecule is CC/C=C\C/C=C\C/C=C\C/C=C\CCCCCCCCCCCCCCCCC(=O)OCC(COC(=O)CCCCCCCCCCCC)OC(=O)CCCCCCCCCCCCC. The summed E-state index contributed by atoms with van der Waals surface area (Å²) in [6.07, 6.45) is 66.9. The Morgan fingerprint density at radius 1 is 0.318 bits per heavy atom. The molecule has 0 aromatic rings. The van der Waals surface area contributed by atoms with E-state index in [4.69, 9.17) is 14.2 Å². The molecule has 1 atom stereocenters. The Labute approximate surface area is 409 Å². The van der Waals surface area contributed by atoms with E-state index in [1.165, 1.54) is 173 Å². The Morgan fingerprint density at radius 2 is 0.591 bits per heavy atom. The van der Waals surface area contributed by atoms with Crippen LogP contribution in [0.2, 0.25) is 0 Å². The van der Waals surface area contributed by atoms with Gasteiger partial charge in [0.15, 0.2) is 6.10 Å². The second kappa shape index (κ2) is 55.0. The molecule has 0 bridgehead atoms. The molecule has 0 spiro atoms. The average molecular weight is 926 g/mol.